The monoisotopic (exact) mass is 470 g/mol. The van der Waals surface area contributed by atoms with Crippen molar-refractivity contribution in [2.45, 2.75) is 43.8 Å². The summed E-state index contributed by atoms with van der Waals surface area (Å²) in [6.45, 7) is 0. The van der Waals surface area contributed by atoms with Crippen molar-refractivity contribution in [3.8, 4) is 0 Å². The van der Waals surface area contributed by atoms with Crippen LogP contribution in [-0.4, -0.2) is 24.4 Å². The van der Waals surface area contributed by atoms with Crippen molar-refractivity contribution < 1.29 is 18.1 Å². The normalized spacial score (nSPS) is 15.4. The van der Waals surface area contributed by atoms with Gasteiger partial charge < -0.3 is 0 Å². The molecule has 0 spiro atoms. The quantitative estimate of drug-likeness (QED) is 0.256. The maximum atomic E-state index is 12.9. The lowest BCUT2D eigenvalue weighted by atomic mass is 10.0. The van der Waals surface area contributed by atoms with E-state index >= 15 is 0 Å². The predicted molar refractivity (Wildman–Crippen MR) is 117 cm³/mol. The third kappa shape index (κ3) is 5.11. The van der Waals surface area contributed by atoms with Crippen LogP contribution >= 0.6 is 23.2 Å². The van der Waals surface area contributed by atoms with Crippen molar-refractivity contribution >= 4 is 50.4 Å². The minimum atomic E-state index is -3.84. The molecule has 0 unspecified atom stereocenters. The number of nitro groups is 1. The molecule has 2 aromatic rings. The predicted octanol–water partition coefficient (Wildman–Crippen LogP) is 5.60. The molecule has 0 atom stereocenters. The van der Waals surface area contributed by atoms with E-state index in [0.29, 0.717) is 12.8 Å². The van der Waals surface area contributed by atoms with Crippen molar-refractivity contribution in [3.05, 3.63) is 67.7 Å². The Hall–Kier alpha value is -2.16. The van der Waals surface area contributed by atoms with Crippen LogP contribution in [0.3, 0.4) is 0 Å². The summed E-state index contributed by atoms with van der Waals surface area (Å²) in [6, 6.07) is 7.94. The molecule has 1 N–H and O–H groups in total. The maximum absolute atomic E-state index is 12.9. The summed E-state index contributed by atoms with van der Waals surface area (Å²) in [5, 5.41) is 11.3. The molecule has 30 heavy (non-hydrogen) atoms. The van der Waals surface area contributed by atoms with E-state index in [4.69, 9.17) is 23.2 Å². The number of hydrogen-bond donors (Lipinski definition) is 1. The Morgan fingerprint density at radius 1 is 0.967 bits per heavy atom. The smallest absolute Gasteiger partial charge is 0.289 e. The van der Waals surface area contributed by atoms with Gasteiger partial charge in [0.15, 0.2) is 5.78 Å². The summed E-state index contributed by atoms with van der Waals surface area (Å²) >= 11 is 11.8. The first-order chi connectivity index (χ1) is 14.2. The van der Waals surface area contributed by atoms with E-state index < -0.39 is 31.7 Å². The summed E-state index contributed by atoms with van der Waals surface area (Å²) in [5.74, 6) is -0.460. The van der Waals surface area contributed by atoms with Crippen molar-refractivity contribution in [1.82, 2.24) is 0 Å². The number of halogens is 2. The third-order valence-electron chi connectivity index (χ3n) is 5.13. The lowest BCUT2D eigenvalue weighted by Crippen LogP contribution is -2.27. The van der Waals surface area contributed by atoms with Gasteiger partial charge in [-0.2, -0.15) is 0 Å². The van der Waals surface area contributed by atoms with E-state index in [9.17, 15) is 23.3 Å². The molecule has 0 bridgehead atoms. The zero-order chi connectivity index (χ0) is 21.9. The molecular formula is C20H20Cl2N2O5S. The Morgan fingerprint density at radius 3 is 2.17 bits per heavy atom. The number of rotatable bonds is 6. The molecule has 1 saturated carbocycles. The number of nitrogens with one attached hydrogen (secondary N) is 1. The van der Waals surface area contributed by atoms with Gasteiger partial charge in [0.1, 0.15) is 5.69 Å². The number of nitrogens with zero attached hydrogens (tertiary/aromatic N) is 1. The second-order valence-electron chi connectivity index (χ2n) is 7.21. The fourth-order valence-corrected chi connectivity index (χ4v) is 5.40. The molecule has 0 saturated heterocycles. The van der Waals surface area contributed by atoms with Gasteiger partial charge in [0.2, 0.25) is 10.0 Å². The van der Waals surface area contributed by atoms with E-state index in [-0.39, 0.29) is 26.9 Å². The molecule has 0 aromatic heterocycles. The average molecular weight is 471 g/mol. The summed E-state index contributed by atoms with van der Waals surface area (Å²) in [7, 11) is -3.84. The van der Waals surface area contributed by atoms with Crippen molar-refractivity contribution in [1.29, 1.82) is 0 Å². The van der Waals surface area contributed by atoms with Crippen LogP contribution in [0.25, 0.3) is 0 Å². The lowest BCUT2D eigenvalue weighted by Gasteiger charge is -2.17. The Kier molecular flexibility index (Phi) is 7.00. The van der Waals surface area contributed by atoms with Gasteiger partial charge in [-0.25, -0.2) is 8.42 Å². The van der Waals surface area contributed by atoms with E-state index in [1.54, 1.807) is 0 Å². The molecule has 2 aromatic carbocycles. The fourth-order valence-electron chi connectivity index (χ4n) is 3.51. The molecule has 1 aliphatic rings. The molecule has 3 rings (SSSR count). The molecule has 160 valence electrons. The van der Waals surface area contributed by atoms with E-state index in [1.807, 2.05) is 0 Å². The highest BCUT2D eigenvalue weighted by atomic mass is 35.5. The highest BCUT2D eigenvalue weighted by Gasteiger charge is 2.29. The van der Waals surface area contributed by atoms with Crippen molar-refractivity contribution in [2.75, 3.05) is 4.72 Å². The standard InChI is InChI=1S/C20H20Cl2N2O5S/c21-16-9-7-13(11-17(16)22)20(25)14-8-10-19(24(26)27)18(12-14)23-30(28,29)15-5-3-1-2-4-6-15/h7-12,15,23H,1-6H2. The second kappa shape index (κ2) is 9.32. The van der Waals surface area contributed by atoms with Crippen LogP contribution in [0.1, 0.15) is 54.4 Å². The second-order valence-corrected chi connectivity index (χ2v) is 9.98. The molecule has 0 heterocycles. The van der Waals surface area contributed by atoms with Gasteiger partial charge in [-0.3, -0.25) is 19.6 Å². The maximum Gasteiger partial charge on any atom is 0.293 e. The molecule has 0 radical (unpaired) electrons. The van der Waals surface area contributed by atoms with Crippen molar-refractivity contribution in [3.63, 3.8) is 0 Å². The Balaban J connectivity index is 1.95. The summed E-state index contributed by atoms with van der Waals surface area (Å²) < 4.78 is 28.1. The van der Waals surface area contributed by atoms with E-state index in [0.717, 1.165) is 31.7 Å². The highest BCUT2D eigenvalue weighted by molar-refractivity contribution is 7.93. The van der Waals surface area contributed by atoms with Crippen LogP contribution in [0.15, 0.2) is 36.4 Å². The summed E-state index contributed by atoms with van der Waals surface area (Å²) in [4.78, 5) is 23.6. The van der Waals surface area contributed by atoms with E-state index in [2.05, 4.69) is 4.72 Å². The Labute approximate surface area is 184 Å². The van der Waals surface area contributed by atoms with Crippen LogP contribution in [0.5, 0.6) is 0 Å². The number of hydrogen-bond acceptors (Lipinski definition) is 5. The molecule has 10 heteroatoms. The van der Waals surface area contributed by atoms with Gasteiger partial charge in [0.05, 0.1) is 20.2 Å². The number of sulfonamides is 1. The number of anilines is 1. The number of benzene rings is 2. The third-order valence-corrected chi connectivity index (χ3v) is 7.72. The highest BCUT2D eigenvalue weighted by Crippen LogP contribution is 2.31. The van der Waals surface area contributed by atoms with Gasteiger partial charge in [-0.1, -0.05) is 48.9 Å². The van der Waals surface area contributed by atoms with Crippen LogP contribution in [0.4, 0.5) is 11.4 Å². The summed E-state index contributed by atoms with van der Waals surface area (Å²) in [6.07, 6.45) is 4.54. The minimum Gasteiger partial charge on any atom is -0.289 e. The van der Waals surface area contributed by atoms with E-state index in [1.165, 1.54) is 30.3 Å². The molecular weight excluding hydrogens is 451 g/mol. The zero-order valence-electron chi connectivity index (χ0n) is 15.9. The van der Waals surface area contributed by atoms with Crippen LogP contribution in [-0.2, 0) is 10.0 Å². The van der Waals surface area contributed by atoms with Gasteiger partial charge in [0, 0.05) is 17.2 Å². The largest absolute Gasteiger partial charge is 0.293 e. The minimum absolute atomic E-state index is 0.0950. The number of carbonyl (C=O) groups is 1. The number of ketones is 1. The molecule has 0 aliphatic heterocycles. The first-order valence-corrected chi connectivity index (χ1v) is 11.8. The van der Waals surface area contributed by atoms with Crippen LogP contribution in [0.2, 0.25) is 10.0 Å². The van der Waals surface area contributed by atoms with Crippen LogP contribution in [0, 0.1) is 10.1 Å². The molecule has 1 fully saturated rings. The Morgan fingerprint density at radius 2 is 1.57 bits per heavy atom. The number of carbonyl (C=O) groups excluding carboxylic acids is 1. The van der Waals surface area contributed by atoms with Gasteiger partial charge >= 0.3 is 0 Å². The van der Waals surface area contributed by atoms with Crippen LogP contribution < -0.4 is 4.72 Å². The molecule has 1 aliphatic carbocycles. The summed E-state index contributed by atoms with van der Waals surface area (Å²) in [5.41, 5.74) is -0.318. The lowest BCUT2D eigenvalue weighted by molar-refractivity contribution is -0.383. The Bertz CT molecular complexity index is 1080. The zero-order valence-corrected chi connectivity index (χ0v) is 18.3. The fraction of sp³-hybridized carbons (Fsp3) is 0.350. The number of nitro benzene ring substituents is 1. The first kappa shape index (κ1) is 22.5. The molecule has 0 amide bonds. The SMILES string of the molecule is O=C(c1ccc(Cl)c(Cl)c1)c1ccc([N+](=O)[O-])c(NS(=O)(=O)C2CCCCCC2)c1. The molecule has 7 nitrogen and oxygen atoms in total. The van der Waals surface area contributed by atoms with Crippen molar-refractivity contribution in [2.24, 2.45) is 0 Å². The topological polar surface area (TPSA) is 106 Å². The first-order valence-electron chi connectivity index (χ1n) is 9.49. The average Bonchev–Trinajstić information content (AvgIpc) is 2.99. The van der Waals surface area contributed by atoms with Gasteiger partial charge in [0.25, 0.3) is 5.69 Å². The van der Waals surface area contributed by atoms with Gasteiger partial charge in [-0.15, -0.1) is 0 Å². The van der Waals surface area contributed by atoms with Gasteiger partial charge in [-0.05, 0) is 43.2 Å².